The number of amides is 1. The molecule has 3 aromatic rings. The van der Waals surface area contributed by atoms with Crippen LogP contribution in [-0.2, 0) is 24.6 Å². The van der Waals surface area contributed by atoms with Gasteiger partial charge in [0.1, 0.15) is 0 Å². The quantitative estimate of drug-likeness (QED) is 0.755. The highest BCUT2D eigenvalue weighted by Crippen LogP contribution is 2.35. The van der Waals surface area contributed by atoms with E-state index in [1.54, 1.807) is 12.1 Å². The normalized spacial score (nSPS) is 11.7. The molecule has 7 nitrogen and oxygen atoms in total. The molecular formula is C17H16F3N5O2. The van der Waals surface area contributed by atoms with Gasteiger partial charge >= 0.3 is 6.18 Å². The Labute approximate surface area is 151 Å². The minimum atomic E-state index is -4.68. The van der Waals surface area contributed by atoms with Crippen LogP contribution in [0.25, 0.3) is 11.0 Å². The van der Waals surface area contributed by atoms with E-state index in [-0.39, 0.29) is 35.6 Å². The van der Waals surface area contributed by atoms with Crippen LogP contribution in [0.2, 0.25) is 0 Å². The number of nitrogens with one attached hydrogen (secondary N) is 1. The van der Waals surface area contributed by atoms with Gasteiger partial charge in [0.05, 0.1) is 10.9 Å². The van der Waals surface area contributed by atoms with Crippen molar-refractivity contribution < 1.29 is 18.0 Å². The van der Waals surface area contributed by atoms with E-state index in [1.807, 2.05) is 0 Å². The Morgan fingerprint density at radius 2 is 1.93 bits per heavy atom. The van der Waals surface area contributed by atoms with Crippen molar-refractivity contribution in [1.82, 2.24) is 19.3 Å². The lowest BCUT2D eigenvalue weighted by Crippen LogP contribution is -2.25. The SMILES string of the molecule is Cc1c2c(C(F)(F)F)cc(=O)n(CCC(=O)Nc3ccncc3)c2nn1C. The predicted molar refractivity (Wildman–Crippen MR) is 92.2 cm³/mol. The third-order valence-corrected chi connectivity index (χ3v) is 4.21. The molecule has 0 fully saturated rings. The van der Waals surface area contributed by atoms with Gasteiger partial charge < -0.3 is 5.32 Å². The molecule has 0 radical (unpaired) electrons. The third kappa shape index (κ3) is 3.69. The van der Waals surface area contributed by atoms with Crippen molar-refractivity contribution in [3.63, 3.8) is 0 Å². The second kappa shape index (κ2) is 6.86. The summed E-state index contributed by atoms with van der Waals surface area (Å²) in [6.07, 6.45) is -1.76. The van der Waals surface area contributed by atoms with E-state index in [4.69, 9.17) is 0 Å². The molecule has 0 aliphatic rings. The molecule has 0 saturated carbocycles. The number of halogens is 3. The number of hydrogen-bond acceptors (Lipinski definition) is 4. The number of hydrogen-bond donors (Lipinski definition) is 1. The highest BCUT2D eigenvalue weighted by molar-refractivity contribution is 5.90. The first-order valence-electron chi connectivity index (χ1n) is 8.02. The van der Waals surface area contributed by atoms with Crippen LogP contribution in [0.3, 0.4) is 0 Å². The van der Waals surface area contributed by atoms with E-state index >= 15 is 0 Å². The minimum Gasteiger partial charge on any atom is -0.326 e. The van der Waals surface area contributed by atoms with E-state index in [0.717, 1.165) is 4.57 Å². The molecule has 3 heterocycles. The first-order valence-corrected chi connectivity index (χ1v) is 8.02. The topological polar surface area (TPSA) is 81.8 Å². The summed E-state index contributed by atoms with van der Waals surface area (Å²) in [5.74, 6) is -0.381. The number of fused-ring (bicyclic) bond motifs is 1. The van der Waals surface area contributed by atoms with Crippen molar-refractivity contribution in [3.05, 3.63) is 52.2 Å². The van der Waals surface area contributed by atoms with E-state index in [1.165, 1.54) is 31.0 Å². The number of anilines is 1. The Morgan fingerprint density at radius 3 is 2.56 bits per heavy atom. The van der Waals surface area contributed by atoms with Gasteiger partial charge in [-0.1, -0.05) is 0 Å². The van der Waals surface area contributed by atoms with Crippen molar-refractivity contribution in [2.75, 3.05) is 5.32 Å². The second-order valence-corrected chi connectivity index (χ2v) is 5.99. The average molecular weight is 379 g/mol. The van der Waals surface area contributed by atoms with Crippen LogP contribution < -0.4 is 10.9 Å². The maximum atomic E-state index is 13.3. The Morgan fingerprint density at radius 1 is 1.26 bits per heavy atom. The van der Waals surface area contributed by atoms with E-state index < -0.39 is 17.3 Å². The molecule has 0 aromatic carbocycles. The van der Waals surface area contributed by atoms with Gasteiger partial charge in [0.15, 0.2) is 5.65 Å². The molecule has 0 saturated heterocycles. The smallest absolute Gasteiger partial charge is 0.326 e. The summed E-state index contributed by atoms with van der Waals surface area (Å²) < 4.78 is 42.3. The van der Waals surface area contributed by atoms with Gasteiger partial charge in [-0.3, -0.25) is 23.8 Å². The number of carbonyl (C=O) groups is 1. The number of alkyl halides is 3. The number of aromatic nitrogens is 4. The Balaban J connectivity index is 1.93. The van der Waals surface area contributed by atoms with Crippen molar-refractivity contribution in [2.45, 2.75) is 26.1 Å². The van der Waals surface area contributed by atoms with E-state index in [2.05, 4.69) is 15.4 Å². The first kappa shape index (κ1) is 18.6. The fourth-order valence-corrected chi connectivity index (χ4v) is 2.78. The fraction of sp³-hybridized carbons (Fsp3) is 0.294. The Kier molecular flexibility index (Phi) is 4.73. The van der Waals surface area contributed by atoms with Crippen molar-refractivity contribution in [1.29, 1.82) is 0 Å². The average Bonchev–Trinajstić information content (AvgIpc) is 2.88. The van der Waals surface area contributed by atoms with Crippen molar-refractivity contribution in [3.8, 4) is 0 Å². The molecule has 1 amide bonds. The lowest BCUT2D eigenvalue weighted by atomic mass is 10.1. The van der Waals surface area contributed by atoms with Gasteiger partial charge in [0.2, 0.25) is 5.91 Å². The molecule has 0 atom stereocenters. The summed E-state index contributed by atoms with van der Waals surface area (Å²) in [6.45, 7) is 1.40. The largest absolute Gasteiger partial charge is 0.417 e. The van der Waals surface area contributed by atoms with Gasteiger partial charge in [0.25, 0.3) is 5.56 Å². The first-order chi connectivity index (χ1) is 12.7. The summed E-state index contributed by atoms with van der Waals surface area (Å²) in [5.41, 5.74) is -1.15. The molecule has 3 aromatic heterocycles. The monoisotopic (exact) mass is 379 g/mol. The van der Waals surface area contributed by atoms with Crippen LogP contribution in [0.1, 0.15) is 17.7 Å². The van der Waals surface area contributed by atoms with Crippen LogP contribution in [-0.4, -0.2) is 25.2 Å². The summed E-state index contributed by atoms with van der Waals surface area (Å²) in [4.78, 5) is 28.2. The van der Waals surface area contributed by atoms with Gasteiger partial charge in [-0.2, -0.15) is 18.3 Å². The number of rotatable bonds is 4. The van der Waals surface area contributed by atoms with Crippen LogP contribution >= 0.6 is 0 Å². The standard InChI is InChI=1S/C17H16F3N5O2/c1-10-15-12(17(18,19)20)9-14(27)25(16(15)23-24(10)2)8-5-13(26)22-11-3-6-21-7-4-11/h3-4,6-7,9H,5,8H2,1-2H3,(H,21,22,26). The number of aryl methyl sites for hydroxylation is 3. The molecule has 10 heteroatoms. The van der Waals surface area contributed by atoms with Gasteiger partial charge in [0, 0.05) is 49.9 Å². The zero-order valence-electron chi connectivity index (χ0n) is 14.5. The van der Waals surface area contributed by atoms with Crippen LogP contribution in [0, 0.1) is 6.92 Å². The predicted octanol–water partition coefficient (Wildman–Crippen LogP) is 2.49. The summed E-state index contributed by atoms with van der Waals surface area (Å²) in [6, 6.07) is 3.75. The van der Waals surface area contributed by atoms with E-state index in [9.17, 15) is 22.8 Å². The Hall–Kier alpha value is -3.17. The summed E-state index contributed by atoms with van der Waals surface area (Å²) in [5, 5.41) is 6.54. The fourth-order valence-electron chi connectivity index (χ4n) is 2.78. The number of nitrogens with zero attached hydrogens (tertiary/aromatic N) is 4. The molecule has 142 valence electrons. The Bertz CT molecular complexity index is 1050. The van der Waals surface area contributed by atoms with Crippen LogP contribution in [0.15, 0.2) is 35.4 Å². The molecule has 3 rings (SSSR count). The molecular weight excluding hydrogens is 363 g/mol. The highest BCUT2D eigenvalue weighted by Gasteiger charge is 2.35. The number of pyridine rings is 2. The minimum absolute atomic E-state index is 0.0912. The highest BCUT2D eigenvalue weighted by atomic mass is 19.4. The molecule has 0 aliphatic heterocycles. The molecule has 1 N–H and O–H groups in total. The maximum absolute atomic E-state index is 13.3. The zero-order chi connectivity index (χ0) is 19.8. The van der Waals surface area contributed by atoms with Gasteiger partial charge in [-0.25, -0.2) is 0 Å². The van der Waals surface area contributed by atoms with Crippen molar-refractivity contribution >= 4 is 22.6 Å². The third-order valence-electron chi connectivity index (χ3n) is 4.21. The second-order valence-electron chi connectivity index (χ2n) is 5.99. The summed E-state index contributed by atoms with van der Waals surface area (Å²) >= 11 is 0. The number of carbonyl (C=O) groups excluding carboxylic acids is 1. The zero-order valence-corrected chi connectivity index (χ0v) is 14.5. The molecule has 0 unspecified atom stereocenters. The maximum Gasteiger partial charge on any atom is 0.417 e. The molecule has 0 spiro atoms. The van der Waals surface area contributed by atoms with Crippen LogP contribution in [0.5, 0.6) is 0 Å². The molecule has 27 heavy (non-hydrogen) atoms. The van der Waals surface area contributed by atoms with Gasteiger partial charge in [-0.05, 0) is 19.1 Å². The van der Waals surface area contributed by atoms with E-state index in [0.29, 0.717) is 11.8 Å². The lowest BCUT2D eigenvalue weighted by Gasteiger charge is -2.12. The molecule has 0 aliphatic carbocycles. The van der Waals surface area contributed by atoms with Gasteiger partial charge in [-0.15, -0.1) is 0 Å². The lowest BCUT2D eigenvalue weighted by molar-refractivity contribution is -0.136. The van der Waals surface area contributed by atoms with Crippen LogP contribution in [0.4, 0.5) is 18.9 Å². The van der Waals surface area contributed by atoms with Crippen molar-refractivity contribution in [2.24, 2.45) is 7.05 Å². The molecule has 0 bridgehead atoms. The summed E-state index contributed by atoms with van der Waals surface area (Å²) in [7, 11) is 1.50.